The minimum Gasteiger partial charge on any atom is -0.473 e. The second-order valence-electron chi connectivity index (χ2n) is 8.71. The van der Waals surface area contributed by atoms with Crippen LogP contribution in [0, 0.1) is 6.92 Å². The Labute approximate surface area is 189 Å². The summed E-state index contributed by atoms with van der Waals surface area (Å²) in [6, 6.07) is 5.53. The fraction of sp³-hybridized carbons (Fsp3) is 0.545. The molecule has 1 aliphatic carbocycles. The molecule has 11 heteroatoms. The zero-order valence-corrected chi connectivity index (χ0v) is 18.9. The van der Waals surface area contributed by atoms with Crippen molar-refractivity contribution in [3.05, 3.63) is 30.2 Å². The van der Waals surface area contributed by atoms with E-state index in [0.717, 1.165) is 36.0 Å². The van der Waals surface area contributed by atoms with Gasteiger partial charge in [0.25, 0.3) is 0 Å². The molecule has 1 fully saturated rings. The summed E-state index contributed by atoms with van der Waals surface area (Å²) >= 11 is 0. The van der Waals surface area contributed by atoms with E-state index in [1.807, 2.05) is 37.7 Å². The van der Waals surface area contributed by atoms with Crippen LogP contribution in [0.25, 0.3) is 11.0 Å². The molecule has 0 bridgehead atoms. The van der Waals surface area contributed by atoms with E-state index in [0.29, 0.717) is 30.1 Å². The SMILES string of the molecule is Cc1cc(Nc2cc(OC3(NC[C@H](O)C(F)(F)F)CCCCC3)cc3c2ncn3C)nn1C. The van der Waals surface area contributed by atoms with Crippen LogP contribution in [0.1, 0.15) is 37.8 Å². The molecular weight excluding hydrogens is 437 g/mol. The highest BCUT2D eigenvalue weighted by molar-refractivity contribution is 5.91. The number of aliphatic hydroxyl groups is 1. The molecule has 0 unspecified atom stereocenters. The van der Waals surface area contributed by atoms with E-state index in [4.69, 9.17) is 4.74 Å². The summed E-state index contributed by atoms with van der Waals surface area (Å²) in [5.41, 5.74) is 2.21. The molecule has 33 heavy (non-hydrogen) atoms. The molecule has 1 aromatic carbocycles. The summed E-state index contributed by atoms with van der Waals surface area (Å²) in [5, 5.41) is 20.1. The number of benzene rings is 1. The van der Waals surface area contributed by atoms with Crippen LogP contribution >= 0.6 is 0 Å². The highest BCUT2D eigenvalue weighted by Gasteiger charge is 2.41. The minimum absolute atomic E-state index is 0.497. The quantitative estimate of drug-likeness (QED) is 0.458. The normalized spacial score (nSPS) is 17.3. The van der Waals surface area contributed by atoms with Gasteiger partial charge in [0.1, 0.15) is 11.3 Å². The average molecular weight is 467 g/mol. The number of nitrogens with zero attached hydrogens (tertiary/aromatic N) is 4. The van der Waals surface area contributed by atoms with Crippen LogP contribution in [0.15, 0.2) is 24.5 Å². The minimum atomic E-state index is -4.69. The maximum Gasteiger partial charge on any atom is 0.415 e. The Morgan fingerprint density at radius 1 is 1.18 bits per heavy atom. The Hall–Kier alpha value is -2.79. The highest BCUT2D eigenvalue weighted by Crippen LogP contribution is 2.36. The van der Waals surface area contributed by atoms with Crippen LogP contribution in [-0.4, -0.2) is 49.0 Å². The van der Waals surface area contributed by atoms with Gasteiger partial charge >= 0.3 is 6.18 Å². The van der Waals surface area contributed by atoms with Gasteiger partial charge in [-0.15, -0.1) is 0 Å². The van der Waals surface area contributed by atoms with Crippen molar-refractivity contribution in [1.29, 1.82) is 0 Å². The number of imidazole rings is 1. The van der Waals surface area contributed by atoms with Crippen molar-refractivity contribution in [2.45, 2.75) is 57.0 Å². The number of anilines is 2. The number of hydrogen-bond acceptors (Lipinski definition) is 6. The zero-order valence-electron chi connectivity index (χ0n) is 18.9. The molecule has 1 atom stereocenters. The Bertz CT molecular complexity index is 1100. The molecular formula is C22H29F3N6O2. The number of aromatic nitrogens is 4. The number of hydrogen-bond donors (Lipinski definition) is 3. The van der Waals surface area contributed by atoms with Crippen LogP contribution in [0.5, 0.6) is 5.75 Å². The number of aryl methyl sites for hydroxylation is 3. The summed E-state index contributed by atoms with van der Waals surface area (Å²) in [5.74, 6) is 1.15. The molecule has 0 saturated heterocycles. The standard InChI is InChI=1S/C22H29F3N6O2/c1-14-9-19(29-31(14)3)28-16-10-15(11-17-20(16)26-13-30(17)2)33-21(7-5-4-6-8-21)27-12-18(32)22(23,24)25/h9-11,13,18,27,32H,4-8,12H2,1-3H3,(H,28,29)/t18-/m0/s1. The molecule has 1 aliphatic rings. The lowest BCUT2D eigenvalue weighted by molar-refractivity contribution is -0.205. The van der Waals surface area contributed by atoms with E-state index < -0.39 is 24.6 Å². The molecule has 8 nitrogen and oxygen atoms in total. The molecule has 0 amide bonds. The third-order valence-corrected chi connectivity index (χ3v) is 6.15. The number of aliphatic hydroxyl groups excluding tert-OH is 1. The summed E-state index contributed by atoms with van der Waals surface area (Å²) in [6.45, 7) is 1.32. The maximum absolute atomic E-state index is 12.9. The van der Waals surface area contributed by atoms with Gasteiger partial charge < -0.3 is 19.7 Å². The topological polar surface area (TPSA) is 89.2 Å². The zero-order chi connectivity index (χ0) is 23.8. The van der Waals surface area contributed by atoms with Gasteiger partial charge in [0.05, 0.1) is 17.5 Å². The van der Waals surface area contributed by atoms with Crippen LogP contribution in [0.2, 0.25) is 0 Å². The van der Waals surface area contributed by atoms with Crippen LogP contribution in [0.3, 0.4) is 0 Å². The first-order valence-corrected chi connectivity index (χ1v) is 11.0. The molecule has 4 rings (SSSR count). The summed E-state index contributed by atoms with van der Waals surface area (Å²) in [7, 11) is 3.71. The lowest BCUT2D eigenvalue weighted by Gasteiger charge is -2.39. The number of fused-ring (bicyclic) bond motifs is 1. The summed E-state index contributed by atoms with van der Waals surface area (Å²) < 4.78 is 48.6. The van der Waals surface area contributed by atoms with Crippen LogP contribution < -0.4 is 15.4 Å². The van der Waals surface area contributed by atoms with Crippen molar-refractivity contribution in [2.75, 3.05) is 11.9 Å². The number of nitrogens with one attached hydrogen (secondary N) is 2. The molecule has 180 valence electrons. The Morgan fingerprint density at radius 3 is 2.55 bits per heavy atom. The fourth-order valence-corrected chi connectivity index (χ4v) is 4.18. The van der Waals surface area contributed by atoms with Crippen molar-refractivity contribution in [2.24, 2.45) is 14.1 Å². The van der Waals surface area contributed by atoms with Gasteiger partial charge in [-0.3, -0.25) is 10.00 Å². The molecule has 2 aromatic heterocycles. The van der Waals surface area contributed by atoms with E-state index >= 15 is 0 Å². The largest absolute Gasteiger partial charge is 0.473 e. The first-order valence-electron chi connectivity index (χ1n) is 11.0. The van der Waals surface area contributed by atoms with E-state index in [2.05, 4.69) is 20.7 Å². The molecule has 3 aromatic rings. The summed E-state index contributed by atoms with van der Waals surface area (Å²) in [4.78, 5) is 4.47. The van der Waals surface area contributed by atoms with Gasteiger partial charge in [0.15, 0.2) is 17.6 Å². The fourth-order valence-electron chi connectivity index (χ4n) is 4.18. The second-order valence-corrected chi connectivity index (χ2v) is 8.71. The van der Waals surface area contributed by atoms with Gasteiger partial charge in [-0.25, -0.2) is 4.98 Å². The first-order chi connectivity index (χ1) is 15.6. The lowest BCUT2D eigenvalue weighted by atomic mass is 9.91. The second kappa shape index (κ2) is 8.86. The Balaban J connectivity index is 1.64. The highest BCUT2D eigenvalue weighted by atomic mass is 19.4. The average Bonchev–Trinajstić information content (AvgIpc) is 3.28. The van der Waals surface area contributed by atoms with Crippen molar-refractivity contribution >= 4 is 22.5 Å². The lowest BCUT2D eigenvalue weighted by Crippen LogP contribution is -2.55. The van der Waals surface area contributed by atoms with Crippen molar-refractivity contribution in [1.82, 2.24) is 24.6 Å². The molecule has 0 radical (unpaired) electrons. The predicted molar refractivity (Wildman–Crippen MR) is 118 cm³/mol. The van der Waals surface area contributed by atoms with Gasteiger partial charge in [0, 0.05) is 57.4 Å². The van der Waals surface area contributed by atoms with Gasteiger partial charge in [0.2, 0.25) is 0 Å². The Morgan fingerprint density at radius 2 is 1.91 bits per heavy atom. The van der Waals surface area contributed by atoms with E-state index in [-0.39, 0.29) is 0 Å². The monoisotopic (exact) mass is 466 g/mol. The van der Waals surface area contributed by atoms with Gasteiger partial charge in [-0.05, 0) is 19.8 Å². The van der Waals surface area contributed by atoms with Gasteiger partial charge in [-0.1, -0.05) is 6.42 Å². The molecule has 0 spiro atoms. The summed E-state index contributed by atoms with van der Waals surface area (Å²) in [6.07, 6.45) is -1.73. The van der Waals surface area contributed by atoms with E-state index in [9.17, 15) is 18.3 Å². The number of ether oxygens (including phenoxy) is 1. The molecule has 0 aliphatic heterocycles. The third-order valence-electron chi connectivity index (χ3n) is 6.15. The number of rotatable bonds is 7. The van der Waals surface area contributed by atoms with E-state index in [1.165, 1.54) is 0 Å². The van der Waals surface area contributed by atoms with Gasteiger partial charge in [-0.2, -0.15) is 18.3 Å². The number of alkyl halides is 3. The Kier molecular flexibility index (Phi) is 6.28. The van der Waals surface area contributed by atoms with E-state index in [1.54, 1.807) is 17.1 Å². The maximum atomic E-state index is 12.9. The predicted octanol–water partition coefficient (Wildman–Crippen LogP) is 3.91. The first kappa shape index (κ1) is 23.4. The van der Waals surface area contributed by atoms with Crippen LogP contribution in [0.4, 0.5) is 24.7 Å². The van der Waals surface area contributed by atoms with Crippen molar-refractivity contribution in [3.63, 3.8) is 0 Å². The van der Waals surface area contributed by atoms with Crippen molar-refractivity contribution in [3.8, 4) is 5.75 Å². The number of halogens is 3. The molecule has 1 saturated carbocycles. The smallest absolute Gasteiger partial charge is 0.415 e. The van der Waals surface area contributed by atoms with Crippen molar-refractivity contribution < 1.29 is 23.0 Å². The molecule has 3 N–H and O–H groups in total. The van der Waals surface area contributed by atoms with Crippen LogP contribution in [-0.2, 0) is 14.1 Å². The molecule has 2 heterocycles. The third kappa shape index (κ3) is 5.09.